The maximum absolute atomic E-state index is 2.27. The molecule has 0 saturated carbocycles. The molecule has 1 atom stereocenters. The summed E-state index contributed by atoms with van der Waals surface area (Å²) in [7, 11) is 0. The van der Waals surface area contributed by atoms with Gasteiger partial charge in [-0.2, -0.15) is 0 Å². The molecule has 0 spiro atoms. The Kier molecular flexibility index (Phi) is 1.34. The van der Waals surface area contributed by atoms with Crippen molar-refractivity contribution in [3.8, 4) is 0 Å². The molecule has 2 heteroatoms. The molecule has 52 valence electrons. The fourth-order valence-electron chi connectivity index (χ4n) is 1.14. The van der Waals surface area contributed by atoms with Gasteiger partial charge in [0.1, 0.15) is 5.37 Å². The monoisotopic (exact) mass is 151 g/mol. The second kappa shape index (κ2) is 2.20. The molecule has 0 radical (unpaired) electrons. The van der Waals surface area contributed by atoms with Crippen molar-refractivity contribution < 1.29 is 0 Å². The van der Waals surface area contributed by atoms with E-state index in [1.54, 1.807) is 0 Å². The minimum Gasteiger partial charge on any atom is -0.335 e. The van der Waals surface area contributed by atoms with Crippen LogP contribution in [-0.2, 0) is 0 Å². The van der Waals surface area contributed by atoms with Crippen LogP contribution in [0.15, 0.2) is 35.5 Å². The molecule has 2 aliphatic rings. The Bertz CT molecular complexity index is 227. The summed E-state index contributed by atoms with van der Waals surface area (Å²) >= 11 is 1.86. The summed E-state index contributed by atoms with van der Waals surface area (Å²) in [6.45, 7) is 2.14. The maximum Gasteiger partial charge on any atom is 0.102 e. The lowest BCUT2D eigenvalue weighted by Crippen LogP contribution is -2.21. The summed E-state index contributed by atoms with van der Waals surface area (Å²) in [5, 5.41) is 2.73. The Morgan fingerprint density at radius 1 is 1.50 bits per heavy atom. The number of allylic oxidation sites excluding steroid dienone is 3. The topological polar surface area (TPSA) is 3.24 Å². The van der Waals surface area contributed by atoms with E-state index in [0.717, 1.165) is 0 Å². The van der Waals surface area contributed by atoms with Gasteiger partial charge in [0.25, 0.3) is 0 Å². The lowest BCUT2D eigenvalue weighted by Gasteiger charge is -2.22. The first kappa shape index (κ1) is 6.10. The molecule has 2 aliphatic heterocycles. The molecule has 10 heavy (non-hydrogen) atoms. The molecule has 0 aromatic carbocycles. The Morgan fingerprint density at radius 2 is 2.40 bits per heavy atom. The predicted octanol–water partition coefficient (Wildman–Crippen LogP) is 2.31. The number of thioether (sulfide) groups is 1. The zero-order valence-corrected chi connectivity index (χ0v) is 6.64. The highest BCUT2D eigenvalue weighted by Crippen LogP contribution is 2.32. The molecule has 0 aromatic rings. The van der Waals surface area contributed by atoms with Gasteiger partial charge in [-0.25, -0.2) is 0 Å². The number of hydrogen-bond donors (Lipinski definition) is 0. The van der Waals surface area contributed by atoms with Crippen LogP contribution in [0.1, 0.15) is 6.92 Å². The van der Waals surface area contributed by atoms with Gasteiger partial charge in [-0.1, -0.05) is 12.2 Å². The van der Waals surface area contributed by atoms with E-state index in [4.69, 9.17) is 0 Å². The predicted molar refractivity (Wildman–Crippen MR) is 45.3 cm³/mol. The second-order valence-corrected chi connectivity index (χ2v) is 3.41. The van der Waals surface area contributed by atoms with Crippen molar-refractivity contribution >= 4 is 11.8 Å². The molecule has 0 N–H and O–H groups in total. The van der Waals surface area contributed by atoms with E-state index in [-0.39, 0.29) is 0 Å². The molecule has 0 saturated heterocycles. The van der Waals surface area contributed by atoms with Gasteiger partial charge in [0.2, 0.25) is 0 Å². The highest BCUT2D eigenvalue weighted by atomic mass is 32.2. The third-order valence-corrected chi connectivity index (χ3v) is 2.83. The second-order valence-electron chi connectivity index (χ2n) is 2.42. The van der Waals surface area contributed by atoms with Crippen LogP contribution in [0.2, 0.25) is 0 Å². The molecule has 0 unspecified atom stereocenters. The van der Waals surface area contributed by atoms with Crippen molar-refractivity contribution in [2.75, 3.05) is 0 Å². The first-order valence-corrected chi connectivity index (χ1v) is 4.28. The molecule has 0 amide bonds. The zero-order chi connectivity index (χ0) is 6.97. The highest BCUT2D eigenvalue weighted by Gasteiger charge is 2.20. The SMILES string of the molecule is CC1=CS[C@@H]2C=CC=CN12. The quantitative estimate of drug-likeness (QED) is 0.522. The Labute approximate surface area is 65.1 Å². The van der Waals surface area contributed by atoms with Gasteiger partial charge in [-0.05, 0) is 18.4 Å². The van der Waals surface area contributed by atoms with E-state index in [2.05, 4.69) is 41.7 Å². The summed E-state index contributed by atoms with van der Waals surface area (Å²) in [5.41, 5.74) is 1.34. The molecule has 2 rings (SSSR count). The summed E-state index contributed by atoms with van der Waals surface area (Å²) < 4.78 is 0. The van der Waals surface area contributed by atoms with Crippen LogP contribution in [0.3, 0.4) is 0 Å². The van der Waals surface area contributed by atoms with E-state index < -0.39 is 0 Å². The van der Waals surface area contributed by atoms with E-state index in [9.17, 15) is 0 Å². The normalized spacial score (nSPS) is 28.7. The Morgan fingerprint density at radius 3 is 3.20 bits per heavy atom. The fourth-order valence-corrected chi connectivity index (χ4v) is 2.14. The molecule has 0 bridgehead atoms. The minimum absolute atomic E-state index is 0.532. The first-order valence-electron chi connectivity index (χ1n) is 3.33. The zero-order valence-electron chi connectivity index (χ0n) is 5.82. The molecule has 1 nitrogen and oxygen atoms in total. The molecule has 0 fully saturated rings. The number of rotatable bonds is 0. The van der Waals surface area contributed by atoms with Crippen molar-refractivity contribution in [2.45, 2.75) is 12.3 Å². The molecular formula is C8H9NS. The number of nitrogens with zero attached hydrogens (tertiary/aromatic N) is 1. The highest BCUT2D eigenvalue weighted by molar-refractivity contribution is 8.03. The van der Waals surface area contributed by atoms with Gasteiger partial charge in [0.15, 0.2) is 0 Å². The number of fused-ring (bicyclic) bond motifs is 1. The van der Waals surface area contributed by atoms with Crippen LogP contribution in [0, 0.1) is 0 Å². The average molecular weight is 151 g/mol. The van der Waals surface area contributed by atoms with E-state index in [0.29, 0.717) is 5.37 Å². The Hall–Kier alpha value is -0.630. The lowest BCUT2D eigenvalue weighted by atomic mass is 10.3. The summed E-state index contributed by atoms with van der Waals surface area (Å²) in [6.07, 6.45) is 8.49. The van der Waals surface area contributed by atoms with E-state index in [1.165, 1.54) is 5.70 Å². The average Bonchev–Trinajstić information content (AvgIpc) is 2.34. The van der Waals surface area contributed by atoms with E-state index >= 15 is 0 Å². The van der Waals surface area contributed by atoms with Gasteiger partial charge in [0, 0.05) is 11.9 Å². The van der Waals surface area contributed by atoms with Gasteiger partial charge < -0.3 is 4.90 Å². The summed E-state index contributed by atoms with van der Waals surface area (Å²) in [6, 6.07) is 0. The molecule has 0 aliphatic carbocycles. The van der Waals surface area contributed by atoms with Gasteiger partial charge in [-0.3, -0.25) is 0 Å². The molecular weight excluding hydrogens is 142 g/mol. The summed E-state index contributed by atoms with van der Waals surface area (Å²) in [5.74, 6) is 0. The van der Waals surface area contributed by atoms with Crippen molar-refractivity contribution in [3.63, 3.8) is 0 Å². The van der Waals surface area contributed by atoms with Crippen molar-refractivity contribution in [1.82, 2.24) is 4.90 Å². The first-order chi connectivity index (χ1) is 4.88. The van der Waals surface area contributed by atoms with Gasteiger partial charge >= 0.3 is 0 Å². The smallest absolute Gasteiger partial charge is 0.102 e. The third-order valence-electron chi connectivity index (χ3n) is 1.69. The van der Waals surface area contributed by atoms with Crippen LogP contribution >= 0.6 is 11.8 Å². The minimum atomic E-state index is 0.532. The van der Waals surface area contributed by atoms with Gasteiger partial charge in [0.05, 0.1) is 0 Å². The largest absolute Gasteiger partial charge is 0.335 e. The van der Waals surface area contributed by atoms with Crippen LogP contribution in [0.25, 0.3) is 0 Å². The van der Waals surface area contributed by atoms with Crippen molar-refractivity contribution in [3.05, 3.63) is 35.5 Å². The lowest BCUT2D eigenvalue weighted by molar-refractivity contribution is 0.494. The molecule has 2 heterocycles. The van der Waals surface area contributed by atoms with Crippen LogP contribution in [0.5, 0.6) is 0 Å². The third kappa shape index (κ3) is 0.797. The van der Waals surface area contributed by atoms with E-state index in [1.807, 2.05) is 11.8 Å². The van der Waals surface area contributed by atoms with Crippen LogP contribution in [-0.4, -0.2) is 10.3 Å². The van der Waals surface area contributed by atoms with Crippen molar-refractivity contribution in [2.24, 2.45) is 0 Å². The molecule has 0 aromatic heterocycles. The number of hydrogen-bond acceptors (Lipinski definition) is 2. The standard InChI is InChI=1S/C8H9NS/c1-7-6-10-8-4-2-3-5-9(7)8/h2-6,8H,1H3/t8-/m1/s1. The van der Waals surface area contributed by atoms with Crippen LogP contribution in [0.4, 0.5) is 0 Å². The van der Waals surface area contributed by atoms with Crippen LogP contribution < -0.4 is 0 Å². The van der Waals surface area contributed by atoms with Gasteiger partial charge in [-0.15, -0.1) is 11.8 Å². The maximum atomic E-state index is 2.27. The summed E-state index contributed by atoms with van der Waals surface area (Å²) in [4.78, 5) is 2.27. The fraction of sp³-hybridized carbons (Fsp3) is 0.250. The Balaban J connectivity index is 2.27. The van der Waals surface area contributed by atoms with Crippen molar-refractivity contribution in [1.29, 1.82) is 0 Å².